The summed E-state index contributed by atoms with van der Waals surface area (Å²) in [6.07, 6.45) is -1.94. The van der Waals surface area contributed by atoms with Crippen molar-refractivity contribution < 1.29 is 17.9 Å². The molecule has 3 aromatic rings. The Morgan fingerprint density at radius 2 is 1.91 bits per heavy atom. The number of nitrogens with zero attached hydrogens (tertiary/aromatic N) is 4. The van der Waals surface area contributed by atoms with E-state index in [2.05, 4.69) is 19.7 Å². The molecule has 0 fully saturated rings. The Kier molecular flexibility index (Phi) is 3.57. The number of ether oxygens (including phenoxy) is 1. The zero-order chi connectivity index (χ0) is 15.9. The predicted octanol–water partition coefficient (Wildman–Crippen LogP) is 4.02. The van der Waals surface area contributed by atoms with Crippen LogP contribution in [0.1, 0.15) is 0 Å². The molecule has 0 bridgehead atoms. The molecule has 0 aliphatic heterocycles. The molecule has 2 heterocycles. The first-order valence-electron chi connectivity index (χ1n) is 5.75. The lowest BCUT2D eigenvalue weighted by Gasteiger charge is -2.11. The molecule has 0 atom stereocenters. The molecule has 0 unspecified atom stereocenters. The Hall–Kier alpha value is -2.06. The number of hydrogen-bond acceptors (Lipinski definition) is 4. The molecule has 0 saturated heterocycles. The molecule has 22 heavy (non-hydrogen) atoms. The highest BCUT2D eigenvalue weighted by Crippen LogP contribution is 2.32. The smallest absolute Gasteiger partial charge is 0.404 e. The van der Waals surface area contributed by atoms with Gasteiger partial charge in [-0.05, 0) is 29.8 Å². The van der Waals surface area contributed by atoms with Gasteiger partial charge in [0.05, 0.1) is 16.9 Å². The maximum Gasteiger partial charge on any atom is 0.573 e. The van der Waals surface area contributed by atoms with Crippen molar-refractivity contribution in [3.63, 3.8) is 0 Å². The highest BCUT2D eigenvalue weighted by molar-refractivity contribution is 6.32. The van der Waals surface area contributed by atoms with Crippen LogP contribution in [0.15, 0.2) is 30.7 Å². The summed E-state index contributed by atoms with van der Waals surface area (Å²) >= 11 is 11.5. The number of alkyl halides is 3. The van der Waals surface area contributed by atoms with Crippen LogP contribution in [0, 0.1) is 0 Å². The van der Waals surface area contributed by atoms with Crippen LogP contribution >= 0.6 is 23.2 Å². The van der Waals surface area contributed by atoms with Gasteiger partial charge in [-0.3, -0.25) is 4.57 Å². The molecule has 2 aromatic heterocycles. The number of hydrogen-bond donors (Lipinski definition) is 0. The van der Waals surface area contributed by atoms with Crippen LogP contribution in [-0.4, -0.2) is 25.9 Å². The average molecular weight is 349 g/mol. The minimum absolute atomic E-state index is 0.0253. The lowest BCUT2D eigenvalue weighted by Crippen LogP contribution is -2.17. The molecule has 0 spiro atoms. The van der Waals surface area contributed by atoms with Crippen molar-refractivity contribution in [1.29, 1.82) is 0 Å². The Bertz CT molecular complexity index is 850. The van der Waals surface area contributed by atoms with Crippen LogP contribution in [-0.2, 0) is 0 Å². The summed E-state index contributed by atoms with van der Waals surface area (Å²) in [4.78, 5) is 11.9. The van der Waals surface area contributed by atoms with Gasteiger partial charge >= 0.3 is 6.36 Å². The van der Waals surface area contributed by atoms with Gasteiger partial charge in [-0.2, -0.15) is 4.98 Å². The largest absolute Gasteiger partial charge is 0.573 e. The van der Waals surface area contributed by atoms with E-state index in [-0.39, 0.29) is 10.3 Å². The third kappa shape index (κ3) is 2.93. The van der Waals surface area contributed by atoms with Crippen molar-refractivity contribution in [2.24, 2.45) is 0 Å². The first-order chi connectivity index (χ1) is 10.3. The maximum atomic E-state index is 12.2. The standard InChI is InChI=1S/C12H5Cl2F3N4O/c13-7-3-6(1-2-9(7)22-12(15,16)17)21-5-19-8-4-18-11(14)20-10(8)21/h1-5H. The zero-order valence-electron chi connectivity index (χ0n) is 10.5. The lowest BCUT2D eigenvalue weighted by atomic mass is 10.3. The summed E-state index contributed by atoms with van der Waals surface area (Å²) in [6.45, 7) is 0. The van der Waals surface area contributed by atoms with Crippen LogP contribution in [0.3, 0.4) is 0 Å². The minimum Gasteiger partial charge on any atom is -0.404 e. The zero-order valence-corrected chi connectivity index (χ0v) is 12.0. The molecule has 3 rings (SSSR count). The molecule has 5 nitrogen and oxygen atoms in total. The van der Waals surface area contributed by atoms with Crippen LogP contribution in [0.25, 0.3) is 16.9 Å². The van der Waals surface area contributed by atoms with E-state index in [1.54, 1.807) is 0 Å². The molecule has 0 radical (unpaired) electrons. The van der Waals surface area contributed by atoms with Gasteiger partial charge < -0.3 is 4.74 Å². The van der Waals surface area contributed by atoms with Crippen LogP contribution in [0.2, 0.25) is 10.3 Å². The van der Waals surface area contributed by atoms with Crippen molar-refractivity contribution in [3.8, 4) is 11.4 Å². The van der Waals surface area contributed by atoms with Gasteiger partial charge in [-0.25, -0.2) is 9.97 Å². The Balaban J connectivity index is 2.04. The number of fused-ring (bicyclic) bond motifs is 1. The summed E-state index contributed by atoms with van der Waals surface area (Å²) in [5.74, 6) is -0.491. The number of imidazole rings is 1. The molecule has 0 amide bonds. The highest BCUT2D eigenvalue weighted by Gasteiger charge is 2.32. The van der Waals surface area contributed by atoms with E-state index in [1.807, 2.05) is 0 Å². The SMILES string of the molecule is FC(F)(F)Oc1ccc(-n2cnc3cnc(Cl)nc32)cc1Cl. The fourth-order valence-electron chi connectivity index (χ4n) is 1.82. The van der Waals surface area contributed by atoms with E-state index in [4.69, 9.17) is 23.2 Å². The van der Waals surface area contributed by atoms with Crippen LogP contribution in [0.4, 0.5) is 13.2 Å². The van der Waals surface area contributed by atoms with Gasteiger partial charge in [0.25, 0.3) is 0 Å². The van der Waals surface area contributed by atoms with E-state index in [0.29, 0.717) is 16.9 Å². The second kappa shape index (κ2) is 5.29. The number of halogens is 5. The van der Waals surface area contributed by atoms with Gasteiger partial charge in [0.2, 0.25) is 5.28 Å². The van der Waals surface area contributed by atoms with Crippen molar-refractivity contribution in [1.82, 2.24) is 19.5 Å². The second-order valence-corrected chi connectivity index (χ2v) is 4.87. The summed E-state index contributed by atoms with van der Waals surface area (Å²) < 4.78 is 42.0. The first kappa shape index (κ1) is 14.9. The van der Waals surface area contributed by atoms with E-state index < -0.39 is 12.1 Å². The average Bonchev–Trinajstić information content (AvgIpc) is 2.82. The minimum atomic E-state index is -4.81. The van der Waals surface area contributed by atoms with Gasteiger partial charge in [-0.15, -0.1) is 13.2 Å². The van der Waals surface area contributed by atoms with Gasteiger partial charge in [0.1, 0.15) is 17.6 Å². The Morgan fingerprint density at radius 1 is 1.14 bits per heavy atom. The van der Waals surface area contributed by atoms with E-state index in [1.165, 1.54) is 29.2 Å². The molecule has 0 aliphatic rings. The lowest BCUT2D eigenvalue weighted by molar-refractivity contribution is -0.274. The van der Waals surface area contributed by atoms with Crippen molar-refractivity contribution >= 4 is 34.4 Å². The number of benzene rings is 1. The predicted molar refractivity (Wildman–Crippen MR) is 73.4 cm³/mol. The molecule has 10 heteroatoms. The van der Waals surface area contributed by atoms with Crippen molar-refractivity contribution in [2.45, 2.75) is 6.36 Å². The van der Waals surface area contributed by atoms with Crippen LogP contribution in [0.5, 0.6) is 5.75 Å². The Morgan fingerprint density at radius 3 is 2.59 bits per heavy atom. The van der Waals surface area contributed by atoms with E-state index >= 15 is 0 Å². The summed E-state index contributed by atoms with van der Waals surface area (Å²) in [7, 11) is 0. The van der Waals surface area contributed by atoms with Gasteiger partial charge in [-0.1, -0.05) is 11.6 Å². The third-order valence-electron chi connectivity index (χ3n) is 2.68. The van der Waals surface area contributed by atoms with E-state index in [9.17, 15) is 13.2 Å². The van der Waals surface area contributed by atoms with E-state index in [0.717, 1.165) is 6.07 Å². The Labute approximate surface area is 131 Å². The quantitative estimate of drug-likeness (QED) is 0.656. The molecule has 0 aliphatic carbocycles. The topological polar surface area (TPSA) is 52.8 Å². The fourth-order valence-corrected chi connectivity index (χ4v) is 2.17. The fraction of sp³-hybridized carbons (Fsp3) is 0.0833. The summed E-state index contributed by atoms with van der Waals surface area (Å²) in [5, 5.41) is -0.172. The number of rotatable bonds is 2. The molecular formula is C12H5Cl2F3N4O. The molecule has 114 valence electrons. The monoisotopic (exact) mass is 348 g/mol. The van der Waals surface area contributed by atoms with Gasteiger partial charge in [0.15, 0.2) is 5.65 Å². The highest BCUT2D eigenvalue weighted by atomic mass is 35.5. The summed E-state index contributed by atoms with van der Waals surface area (Å²) in [5.41, 5.74) is 1.34. The maximum absolute atomic E-state index is 12.2. The van der Waals surface area contributed by atoms with Crippen molar-refractivity contribution in [2.75, 3.05) is 0 Å². The molecule has 0 N–H and O–H groups in total. The normalized spacial score (nSPS) is 11.9. The van der Waals surface area contributed by atoms with Crippen molar-refractivity contribution in [3.05, 3.63) is 41.0 Å². The van der Waals surface area contributed by atoms with Crippen LogP contribution < -0.4 is 4.74 Å². The number of aromatic nitrogens is 4. The second-order valence-electron chi connectivity index (χ2n) is 4.12. The molecule has 0 saturated carbocycles. The summed E-state index contributed by atoms with van der Waals surface area (Å²) in [6, 6.07) is 3.81. The molecular weight excluding hydrogens is 344 g/mol. The van der Waals surface area contributed by atoms with Gasteiger partial charge in [0, 0.05) is 0 Å². The molecule has 1 aromatic carbocycles. The third-order valence-corrected chi connectivity index (χ3v) is 3.16. The first-order valence-corrected chi connectivity index (χ1v) is 6.50.